The first-order chi connectivity index (χ1) is 11.7. The van der Waals surface area contributed by atoms with E-state index in [0.717, 1.165) is 11.8 Å². The van der Waals surface area contributed by atoms with E-state index in [0.29, 0.717) is 11.4 Å². The van der Waals surface area contributed by atoms with Crippen LogP contribution in [0.15, 0.2) is 30.6 Å². The van der Waals surface area contributed by atoms with Crippen molar-refractivity contribution in [3.8, 4) is 5.75 Å². The molecule has 1 atom stereocenters. The minimum Gasteiger partial charge on any atom is -0.495 e. The van der Waals surface area contributed by atoms with Crippen molar-refractivity contribution in [1.82, 2.24) is 15.1 Å². The minimum atomic E-state index is -3.48. The molecule has 0 unspecified atom stereocenters. The van der Waals surface area contributed by atoms with Crippen molar-refractivity contribution in [1.29, 1.82) is 0 Å². The van der Waals surface area contributed by atoms with Crippen molar-refractivity contribution in [3.63, 3.8) is 0 Å². The molecular formula is C15H21N5O4S. The van der Waals surface area contributed by atoms with Crippen LogP contribution in [-0.2, 0) is 17.1 Å². The number of nitrogens with zero attached hydrogens (tertiary/aromatic N) is 2. The summed E-state index contributed by atoms with van der Waals surface area (Å²) in [4.78, 5) is 12.1. The number of benzene rings is 1. The van der Waals surface area contributed by atoms with E-state index in [9.17, 15) is 13.2 Å². The van der Waals surface area contributed by atoms with Crippen LogP contribution in [-0.4, -0.2) is 37.6 Å². The Morgan fingerprint density at radius 2 is 2.08 bits per heavy atom. The zero-order valence-electron chi connectivity index (χ0n) is 14.4. The van der Waals surface area contributed by atoms with Gasteiger partial charge >= 0.3 is 6.03 Å². The molecule has 0 bridgehead atoms. The molecule has 2 amide bonds. The van der Waals surface area contributed by atoms with Crippen molar-refractivity contribution in [2.24, 2.45) is 7.05 Å². The molecule has 0 aliphatic heterocycles. The molecule has 1 heterocycles. The van der Waals surface area contributed by atoms with Crippen LogP contribution >= 0.6 is 0 Å². The lowest BCUT2D eigenvalue weighted by Gasteiger charge is -2.15. The summed E-state index contributed by atoms with van der Waals surface area (Å²) in [6.07, 6.45) is 4.52. The molecule has 3 N–H and O–H groups in total. The van der Waals surface area contributed by atoms with Crippen molar-refractivity contribution in [2.45, 2.75) is 13.0 Å². The van der Waals surface area contributed by atoms with Crippen molar-refractivity contribution in [2.75, 3.05) is 23.4 Å². The van der Waals surface area contributed by atoms with Crippen LogP contribution in [0.2, 0.25) is 0 Å². The number of rotatable bonds is 6. The highest BCUT2D eigenvalue weighted by atomic mass is 32.2. The Hall–Kier alpha value is -2.75. The number of urea groups is 1. The predicted octanol–water partition coefficient (Wildman–Crippen LogP) is 1.68. The normalized spacial score (nSPS) is 12.3. The number of aromatic nitrogens is 2. The van der Waals surface area contributed by atoms with Gasteiger partial charge in [-0.05, 0) is 25.1 Å². The predicted molar refractivity (Wildman–Crippen MR) is 95.2 cm³/mol. The van der Waals surface area contributed by atoms with E-state index in [1.807, 2.05) is 13.1 Å². The summed E-state index contributed by atoms with van der Waals surface area (Å²) in [6.45, 7) is 1.83. The number of carbonyl (C=O) groups excluding carboxylic acids is 1. The first-order valence-corrected chi connectivity index (χ1v) is 9.29. The van der Waals surface area contributed by atoms with E-state index in [1.54, 1.807) is 30.1 Å². The molecule has 10 heteroatoms. The van der Waals surface area contributed by atoms with Crippen LogP contribution < -0.4 is 20.1 Å². The monoisotopic (exact) mass is 367 g/mol. The Bertz CT molecular complexity index is 863. The Morgan fingerprint density at radius 3 is 2.64 bits per heavy atom. The second-order valence-corrected chi connectivity index (χ2v) is 7.31. The Morgan fingerprint density at radius 1 is 1.36 bits per heavy atom. The average molecular weight is 367 g/mol. The van der Waals surface area contributed by atoms with Crippen LogP contribution in [0.4, 0.5) is 16.2 Å². The van der Waals surface area contributed by atoms with E-state index in [-0.39, 0.29) is 11.7 Å². The van der Waals surface area contributed by atoms with Gasteiger partial charge < -0.3 is 15.4 Å². The molecule has 0 radical (unpaired) electrons. The maximum absolute atomic E-state index is 12.1. The van der Waals surface area contributed by atoms with Gasteiger partial charge in [-0.15, -0.1) is 0 Å². The van der Waals surface area contributed by atoms with Gasteiger partial charge in [-0.2, -0.15) is 5.10 Å². The third-order valence-electron chi connectivity index (χ3n) is 3.33. The SMILES string of the molecule is COc1ccc(NC(=O)N[C@@H](C)c2cnn(C)c2)cc1NS(C)(=O)=O. The smallest absolute Gasteiger partial charge is 0.319 e. The highest BCUT2D eigenvalue weighted by molar-refractivity contribution is 7.92. The molecule has 2 rings (SSSR count). The highest BCUT2D eigenvalue weighted by Crippen LogP contribution is 2.28. The van der Waals surface area contributed by atoms with E-state index < -0.39 is 16.1 Å². The maximum atomic E-state index is 12.1. The van der Waals surface area contributed by atoms with E-state index in [1.165, 1.54) is 13.2 Å². The van der Waals surface area contributed by atoms with Crippen molar-refractivity contribution >= 4 is 27.4 Å². The van der Waals surface area contributed by atoms with E-state index >= 15 is 0 Å². The Labute approximate surface area is 146 Å². The lowest BCUT2D eigenvalue weighted by molar-refractivity contribution is 0.249. The first-order valence-electron chi connectivity index (χ1n) is 7.40. The lowest BCUT2D eigenvalue weighted by atomic mass is 10.2. The summed E-state index contributed by atoms with van der Waals surface area (Å²) in [5.74, 6) is 0.347. The number of anilines is 2. The zero-order valence-corrected chi connectivity index (χ0v) is 15.2. The summed E-state index contributed by atoms with van der Waals surface area (Å²) in [6, 6.07) is 4.00. The van der Waals surface area contributed by atoms with Crippen LogP contribution in [0.3, 0.4) is 0 Å². The summed E-state index contributed by atoms with van der Waals surface area (Å²) < 4.78 is 32.0. The number of sulfonamides is 1. The molecule has 1 aromatic carbocycles. The quantitative estimate of drug-likeness (QED) is 0.719. The van der Waals surface area contributed by atoms with Crippen LogP contribution in [0, 0.1) is 0 Å². The van der Waals surface area contributed by atoms with E-state index in [2.05, 4.69) is 20.5 Å². The molecule has 0 aliphatic carbocycles. The lowest BCUT2D eigenvalue weighted by Crippen LogP contribution is -2.31. The zero-order chi connectivity index (χ0) is 18.6. The molecular weight excluding hydrogens is 346 g/mol. The van der Waals surface area contributed by atoms with Crippen molar-refractivity contribution < 1.29 is 17.9 Å². The molecule has 9 nitrogen and oxygen atoms in total. The third kappa shape index (κ3) is 5.38. The van der Waals surface area contributed by atoms with Crippen LogP contribution in [0.5, 0.6) is 5.75 Å². The number of nitrogens with one attached hydrogen (secondary N) is 3. The highest BCUT2D eigenvalue weighted by Gasteiger charge is 2.13. The molecule has 0 saturated carbocycles. The molecule has 0 saturated heterocycles. The minimum absolute atomic E-state index is 0.236. The number of methoxy groups -OCH3 is 1. The Kier molecular flexibility index (Phi) is 5.52. The number of aryl methyl sites for hydroxylation is 1. The molecule has 0 aliphatic rings. The number of hydrogen-bond donors (Lipinski definition) is 3. The fourth-order valence-corrected chi connectivity index (χ4v) is 2.74. The standard InChI is InChI=1S/C15H21N5O4S/c1-10(11-8-16-20(2)9-11)17-15(21)18-12-5-6-14(24-3)13(7-12)19-25(4,22)23/h5-10,19H,1-4H3,(H2,17,18,21)/t10-/m0/s1. The number of hydrogen-bond acceptors (Lipinski definition) is 5. The third-order valence-corrected chi connectivity index (χ3v) is 3.92. The number of ether oxygens (including phenoxy) is 1. The van der Waals surface area contributed by atoms with Gasteiger partial charge in [0.1, 0.15) is 5.75 Å². The first kappa shape index (κ1) is 18.6. The molecule has 2 aromatic rings. The number of carbonyl (C=O) groups is 1. The largest absolute Gasteiger partial charge is 0.495 e. The second kappa shape index (κ2) is 7.43. The summed E-state index contributed by atoms with van der Waals surface area (Å²) >= 11 is 0. The van der Waals surface area contributed by atoms with Gasteiger partial charge in [0.15, 0.2) is 0 Å². The summed E-state index contributed by atoms with van der Waals surface area (Å²) in [5.41, 5.74) is 1.53. The summed E-state index contributed by atoms with van der Waals surface area (Å²) in [5, 5.41) is 9.50. The van der Waals surface area contributed by atoms with Crippen LogP contribution in [0.25, 0.3) is 0 Å². The maximum Gasteiger partial charge on any atom is 0.319 e. The fraction of sp³-hybridized carbons (Fsp3) is 0.333. The fourth-order valence-electron chi connectivity index (χ4n) is 2.18. The molecule has 0 fully saturated rings. The topological polar surface area (TPSA) is 114 Å². The van der Waals surface area contributed by atoms with Gasteiger partial charge in [-0.3, -0.25) is 9.40 Å². The Balaban J connectivity index is 2.08. The van der Waals surface area contributed by atoms with Gasteiger partial charge in [0.05, 0.1) is 31.3 Å². The van der Waals surface area contributed by atoms with Crippen molar-refractivity contribution in [3.05, 3.63) is 36.2 Å². The van der Waals surface area contributed by atoms with Gasteiger partial charge in [-0.1, -0.05) is 0 Å². The molecule has 0 spiro atoms. The average Bonchev–Trinajstić information content (AvgIpc) is 2.92. The van der Waals surface area contributed by atoms with Crippen LogP contribution in [0.1, 0.15) is 18.5 Å². The van der Waals surface area contributed by atoms with E-state index in [4.69, 9.17) is 4.74 Å². The summed E-state index contributed by atoms with van der Waals surface area (Å²) in [7, 11) is -0.251. The van der Waals surface area contributed by atoms with Gasteiger partial charge in [0.2, 0.25) is 10.0 Å². The van der Waals surface area contributed by atoms with Gasteiger partial charge in [0, 0.05) is 24.5 Å². The second-order valence-electron chi connectivity index (χ2n) is 5.56. The molecule has 136 valence electrons. The number of amides is 2. The van der Waals surface area contributed by atoms with Gasteiger partial charge in [0.25, 0.3) is 0 Å². The molecule has 25 heavy (non-hydrogen) atoms. The van der Waals surface area contributed by atoms with Gasteiger partial charge in [-0.25, -0.2) is 13.2 Å². The molecule has 1 aromatic heterocycles.